The van der Waals surface area contributed by atoms with Crippen molar-refractivity contribution in [1.29, 1.82) is 0 Å². The summed E-state index contributed by atoms with van der Waals surface area (Å²) in [4.78, 5) is 66.1. The van der Waals surface area contributed by atoms with Crippen LogP contribution in [0.2, 0.25) is 0 Å². The Labute approximate surface area is 244 Å². The number of halogens is 1. The third-order valence-electron chi connectivity index (χ3n) is 8.94. The zero-order valence-electron chi connectivity index (χ0n) is 22.1. The third kappa shape index (κ3) is 4.47. The second-order valence-corrected chi connectivity index (χ2v) is 12.0. The van der Waals surface area contributed by atoms with Gasteiger partial charge in [0, 0.05) is 47.1 Å². The Bertz CT molecular complexity index is 1630. The lowest BCUT2D eigenvalue weighted by atomic mass is 9.59. The monoisotopic (exact) mass is 617 g/mol. The number of allylic oxidation sites excluding steroid dienone is 6. The number of phenols is 1. The normalized spacial score (nSPS) is 25.6. The van der Waals surface area contributed by atoms with Gasteiger partial charge < -0.3 is 10.2 Å². The maximum Gasteiger partial charge on any atom is 0.303 e. The molecule has 8 nitrogen and oxygen atoms in total. The summed E-state index contributed by atoms with van der Waals surface area (Å²) in [7, 11) is 0. The summed E-state index contributed by atoms with van der Waals surface area (Å²) in [5.74, 6) is -4.46. The highest BCUT2D eigenvalue weighted by atomic mass is 79.9. The summed E-state index contributed by atoms with van der Waals surface area (Å²) < 4.78 is 0.152. The van der Waals surface area contributed by atoms with E-state index in [4.69, 9.17) is 5.11 Å². The predicted octanol–water partition coefficient (Wildman–Crippen LogP) is 4.95. The molecular weight excluding hydrogens is 590 g/mol. The molecular formula is C32H28BrNO7. The fourth-order valence-electron chi connectivity index (χ4n) is 7.08. The van der Waals surface area contributed by atoms with Gasteiger partial charge in [0.1, 0.15) is 5.75 Å². The number of hydrogen-bond acceptors (Lipinski definition) is 6. The summed E-state index contributed by atoms with van der Waals surface area (Å²) in [5, 5.41) is 21.8. The molecule has 1 aliphatic heterocycles. The number of likely N-dealkylation sites (tertiary alicyclic amines) is 1. The molecule has 1 heterocycles. The van der Waals surface area contributed by atoms with Gasteiger partial charge in [-0.25, -0.2) is 0 Å². The number of ketones is 2. The molecule has 0 aromatic heterocycles. The van der Waals surface area contributed by atoms with Crippen molar-refractivity contribution < 1.29 is 34.2 Å². The van der Waals surface area contributed by atoms with E-state index in [0.717, 1.165) is 11.0 Å². The van der Waals surface area contributed by atoms with E-state index in [1.54, 1.807) is 12.1 Å². The van der Waals surface area contributed by atoms with E-state index in [1.165, 1.54) is 11.0 Å². The van der Waals surface area contributed by atoms with E-state index in [9.17, 15) is 29.1 Å². The Morgan fingerprint density at radius 3 is 2.54 bits per heavy atom. The number of carboxylic acid groups (broad SMARTS) is 1. The minimum absolute atomic E-state index is 0.0225. The second kappa shape index (κ2) is 10.5. The summed E-state index contributed by atoms with van der Waals surface area (Å²) in [5.41, 5.74) is 1.91. The third-order valence-corrected chi connectivity index (χ3v) is 9.53. The topological polar surface area (TPSA) is 129 Å². The molecule has 6 rings (SSSR count). The minimum atomic E-state index is -0.877. The lowest BCUT2D eigenvalue weighted by Gasteiger charge is -2.42. The predicted molar refractivity (Wildman–Crippen MR) is 153 cm³/mol. The van der Waals surface area contributed by atoms with Crippen molar-refractivity contribution in [1.82, 2.24) is 4.90 Å². The first-order valence-corrected chi connectivity index (χ1v) is 14.6. The van der Waals surface area contributed by atoms with Crippen LogP contribution in [0.5, 0.6) is 5.75 Å². The van der Waals surface area contributed by atoms with E-state index in [-0.39, 0.29) is 53.0 Å². The van der Waals surface area contributed by atoms with Gasteiger partial charge in [-0.2, -0.15) is 0 Å². The van der Waals surface area contributed by atoms with E-state index < -0.39 is 29.6 Å². The van der Waals surface area contributed by atoms with Crippen molar-refractivity contribution in [2.45, 2.75) is 44.4 Å². The minimum Gasteiger partial charge on any atom is -0.507 e. The van der Waals surface area contributed by atoms with Gasteiger partial charge in [0.25, 0.3) is 0 Å². The van der Waals surface area contributed by atoms with Gasteiger partial charge in [-0.15, -0.1) is 0 Å². The number of Topliss-reactive ketones (excluding diaryl/α,β-unsaturated/α-hetero) is 1. The number of phenolic OH excluding ortho intramolecular Hbond substituents is 1. The number of carbonyl (C=O) groups excluding carboxylic acids is 4. The lowest BCUT2D eigenvalue weighted by Crippen LogP contribution is -2.39. The van der Waals surface area contributed by atoms with Crippen molar-refractivity contribution >= 4 is 56.1 Å². The highest BCUT2D eigenvalue weighted by Crippen LogP contribution is 2.56. The number of hydrogen-bond donors (Lipinski definition) is 2. The quantitative estimate of drug-likeness (QED) is 0.194. The number of fused-ring (bicyclic) bond motifs is 4. The highest BCUT2D eigenvalue weighted by Gasteiger charge is 2.56. The summed E-state index contributed by atoms with van der Waals surface area (Å²) >= 11 is 3.23. The van der Waals surface area contributed by atoms with Gasteiger partial charge in [-0.1, -0.05) is 54.5 Å². The Balaban J connectivity index is 1.39. The number of carbonyl (C=O) groups is 5. The molecule has 1 saturated heterocycles. The fraction of sp³-hybridized carbons (Fsp3) is 0.344. The van der Waals surface area contributed by atoms with Gasteiger partial charge in [0.15, 0.2) is 11.6 Å². The maximum absolute atomic E-state index is 13.8. The van der Waals surface area contributed by atoms with E-state index in [2.05, 4.69) is 15.9 Å². The fourth-order valence-corrected chi connectivity index (χ4v) is 7.52. The van der Waals surface area contributed by atoms with Crippen LogP contribution in [0.3, 0.4) is 0 Å². The van der Waals surface area contributed by atoms with Crippen molar-refractivity contribution in [3.8, 4) is 5.75 Å². The molecule has 41 heavy (non-hydrogen) atoms. The molecule has 2 aromatic carbocycles. The molecule has 0 bridgehead atoms. The number of carboxylic acids is 1. The Hall–Kier alpha value is -3.85. The maximum atomic E-state index is 13.8. The standard InChI is InChI=1S/C32H28BrNO7/c33-23-15-24(35)28-22(30(23)39)14-21-18(26(28)19-10-9-16-6-3-4-7-17(16)29(19)38)11-12-20-27(21)32(41)34(31(20)40)13-5-1-2-8-25(36)37/h3-4,6-7,9-11,15,20-21,26-27,38H,1-2,5,8,12-14H2,(H,36,37)/t20-,21+,26+,27-/m0/s1. The lowest BCUT2D eigenvalue weighted by molar-refractivity contribution is -0.141. The van der Waals surface area contributed by atoms with E-state index >= 15 is 0 Å². The van der Waals surface area contributed by atoms with Gasteiger partial charge in [-0.05, 0) is 52.9 Å². The van der Waals surface area contributed by atoms with Crippen LogP contribution in [0.4, 0.5) is 0 Å². The molecule has 3 aliphatic carbocycles. The molecule has 0 radical (unpaired) electrons. The van der Waals surface area contributed by atoms with Crippen LogP contribution >= 0.6 is 15.9 Å². The Kier molecular flexibility index (Phi) is 7.01. The molecule has 0 unspecified atom stereocenters. The van der Waals surface area contributed by atoms with Crippen LogP contribution < -0.4 is 0 Å². The molecule has 4 aliphatic rings. The largest absolute Gasteiger partial charge is 0.507 e. The number of nitrogens with zero attached hydrogens (tertiary/aromatic N) is 1. The molecule has 210 valence electrons. The molecule has 1 fully saturated rings. The second-order valence-electron chi connectivity index (χ2n) is 11.2. The van der Waals surface area contributed by atoms with Crippen LogP contribution in [0.25, 0.3) is 10.8 Å². The summed E-state index contributed by atoms with van der Waals surface area (Å²) in [6.07, 6.45) is 5.30. The number of aliphatic carboxylic acids is 1. The van der Waals surface area contributed by atoms with Gasteiger partial charge in [0.2, 0.25) is 11.8 Å². The molecule has 4 atom stereocenters. The van der Waals surface area contributed by atoms with Crippen LogP contribution in [-0.4, -0.2) is 51.0 Å². The summed E-state index contributed by atoms with van der Waals surface area (Å²) in [6.45, 7) is 0.223. The van der Waals surface area contributed by atoms with Gasteiger partial charge >= 0.3 is 5.97 Å². The van der Waals surface area contributed by atoms with Crippen LogP contribution in [0, 0.1) is 17.8 Å². The molecule has 2 N–H and O–H groups in total. The molecule has 0 spiro atoms. The van der Waals surface area contributed by atoms with Crippen LogP contribution in [-0.2, 0) is 24.0 Å². The van der Waals surface area contributed by atoms with Gasteiger partial charge in [-0.3, -0.25) is 28.9 Å². The van der Waals surface area contributed by atoms with Crippen molar-refractivity contribution in [3.63, 3.8) is 0 Å². The smallest absolute Gasteiger partial charge is 0.303 e. The molecule has 2 amide bonds. The number of benzene rings is 2. The van der Waals surface area contributed by atoms with E-state index in [0.29, 0.717) is 47.8 Å². The van der Waals surface area contributed by atoms with E-state index in [1.807, 2.05) is 30.3 Å². The number of amides is 2. The average molecular weight is 618 g/mol. The highest BCUT2D eigenvalue weighted by molar-refractivity contribution is 9.12. The van der Waals surface area contributed by atoms with Crippen molar-refractivity contribution in [3.05, 3.63) is 75.3 Å². The Morgan fingerprint density at radius 1 is 0.976 bits per heavy atom. The number of imide groups is 1. The molecule has 0 saturated carbocycles. The van der Waals surface area contributed by atoms with Crippen molar-refractivity contribution in [2.24, 2.45) is 17.8 Å². The first-order valence-electron chi connectivity index (χ1n) is 13.9. The first-order chi connectivity index (χ1) is 19.7. The first kappa shape index (κ1) is 27.3. The average Bonchev–Trinajstić information content (AvgIpc) is 3.20. The number of rotatable bonds is 7. The number of unbranched alkanes of at least 4 members (excludes halogenated alkanes) is 2. The zero-order chi connectivity index (χ0) is 29.0. The van der Waals surface area contributed by atoms with Crippen LogP contribution in [0.15, 0.2) is 69.8 Å². The van der Waals surface area contributed by atoms with Gasteiger partial charge in [0.05, 0.1) is 16.3 Å². The SMILES string of the molecule is O=C(O)CCCCCN1C(=O)[C@H]2[C@H](CC=C3[C@H](c4ccc5ccccc5c4O)C4=C(C[C@H]32)C(=O)C(Br)=CC4=O)C1=O. The van der Waals surface area contributed by atoms with Crippen LogP contribution in [0.1, 0.15) is 50.0 Å². The molecule has 9 heteroatoms. The molecule has 2 aromatic rings. The number of aromatic hydroxyl groups is 1. The zero-order valence-corrected chi connectivity index (χ0v) is 23.7. The van der Waals surface area contributed by atoms with Crippen molar-refractivity contribution in [2.75, 3.05) is 6.54 Å². The summed E-state index contributed by atoms with van der Waals surface area (Å²) in [6, 6.07) is 11.0. The Morgan fingerprint density at radius 2 is 1.76 bits per heavy atom.